The highest BCUT2D eigenvalue weighted by molar-refractivity contribution is 5.81. The molecule has 28 heavy (non-hydrogen) atoms. The summed E-state index contributed by atoms with van der Waals surface area (Å²) in [6.45, 7) is 5.68. The van der Waals surface area contributed by atoms with E-state index in [1.54, 1.807) is 6.26 Å². The Morgan fingerprint density at radius 3 is 2.86 bits per heavy atom. The number of fused-ring (bicyclic) bond motifs is 2. The van der Waals surface area contributed by atoms with Gasteiger partial charge in [0, 0.05) is 37.5 Å². The van der Waals surface area contributed by atoms with E-state index in [1.165, 1.54) is 0 Å². The van der Waals surface area contributed by atoms with Crippen LogP contribution in [-0.4, -0.2) is 21.4 Å². The number of nitrogens with one attached hydrogen (secondary N) is 1. The number of aromatic amines is 1. The van der Waals surface area contributed by atoms with E-state index in [-0.39, 0.29) is 11.0 Å². The molecule has 1 aliphatic carbocycles. The van der Waals surface area contributed by atoms with Gasteiger partial charge in [0.2, 0.25) is 0 Å². The summed E-state index contributed by atoms with van der Waals surface area (Å²) in [5, 5.41) is 0.647. The number of aryl methyl sites for hydroxylation is 2. The number of hydrogen-bond acceptors (Lipinski definition) is 5. The van der Waals surface area contributed by atoms with E-state index in [0.717, 1.165) is 54.0 Å². The fourth-order valence-electron chi connectivity index (χ4n) is 4.20. The predicted molar refractivity (Wildman–Crippen MR) is 107 cm³/mol. The summed E-state index contributed by atoms with van der Waals surface area (Å²) in [7, 11) is 0. The quantitative estimate of drug-likeness (QED) is 0.759. The molecule has 0 amide bonds. The Balaban J connectivity index is 1.44. The molecule has 0 saturated heterocycles. The molecular formula is C22H23N3O3. The van der Waals surface area contributed by atoms with Crippen molar-refractivity contribution in [1.82, 2.24) is 14.9 Å². The third-order valence-corrected chi connectivity index (χ3v) is 5.81. The summed E-state index contributed by atoms with van der Waals surface area (Å²) in [4.78, 5) is 35.3. The van der Waals surface area contributed by atoms with Gasteiger partial charge in [0.05, 0.1) is 22.9 Å². The number of nitrogens with zero attached hydrogens (tertiary/aromatic N) is 2. The molecule has 6 heteroatoms. The van der Waals surface area contributed by atoms with Crippen molar-refractivity contribution in [3.63, 3.8) is 0 Å². The summed E-state index contributed by atoms with van der Waals surface area (Å²) in [5.74, 6) is 1.28. The highest BCUT2D eigenvalue weighted by Gasteiger charge is 2.29. The smallest absolute Gasteiger partial charge is 0.255 e. The van der Waals surface area contributed by atoms with Crippen molar-refractivity contribution in [2.45, 2.75) is 52.1 Å². The molecule has 2 aromatic heterocycles. The first-order chi connectivity index (χ1) is 13.5. The predicted octanol–water partition coefficient (Wildman–Crippen LogP) is 2.93. The molecule has 0 unspecified atom stereocenters. The van der Waals surface area contributed by atoms with Crippen LogP contribution in [0.15, 0.2) is 32.4 Å². The molecule has 1 aromatic carbocycles. The maximum atomic E-state index is 13.0. The molecule has 1 N–H and O–H groups in total. The van der Waals surface area contributed by atoms with Crippen molar-refractivity contribution in [2.75, 3.05) is 6.54 Å². The first-order valence-corrected chi connectivity index (χ1v) is 9.85. The average molecular weight is 377 g/mol. The standard InChI is InChI=1S/C22H23N3O3/c1-12-7-13(2)19-18(8-12)28-11-15(20(19)26)9-25-6-5-17-16(10-25)22(27)24-21(23-17)14-3-4-14/h7-8,11,14H,3-6,9-10H2,1-2H3,(H,23,24,27). The van der Waals surface area contributed by atoms with E-state index >= 15 is 0 Å². The fraction of sp³-hybridized carbons (Fsp3) is 0.409. The summed E-state index contributed by atoms with van der Waals surface area (Å²) in [6.07, 6.45) is 4.53. The van der Waals surface area contributed by atoms with Gasteiger partial charge in [0.25, 0.3) is 5.56 Å². The van der Waals surface area contributed by atoms with E-state index in [9.17, 15) is 9.59 Å². The average Bonchev–Trinajstić information content (AvgIpc) is 3.49. The number of hydrogen-bond donors (Lipinski definition) is 1. The third-order valence-electron chi connectivity index (χ3n) is 5.81. The Labute approximate surface area is 162 Å². The van der Waals surface area contributed by atoms with Gasteiger partial charge in [0.15, 0.2) is 5.43 Å². The first-order valence-electron chi connectivity index (χ1n) is 9.85. The van der Waals surface area contributed by atoms with Crippen LogP contribution in [0.4, 0.5) is 0 Å². The molecule has 0 spiro atoms. The van der Waals surface area contributed by atoms with Crippen molar-refractivity contribution in [3.05, 3.63) is 72.7 Å². The van der Waals surface area contributed by atoms with Gasteiger partial charge in [-0.15, -0.1) is 0 Å². The number of H-pyrrole nitrogens is 1. The third kappa shape index (κ3) is 2.98. The van der Waals surface area contributed by atoms with Crippen molar-refractivity contribution < 1.29 is 4.42 Å². The zero-order valence-electron chi connectivity index (χ0n) is 16.2. The highest BCUT2D eigenvalue weighted by atomic mass is 16.3. The van der Waals surface area contributed by atoms with Crippen molar-refractivity contribution in [3.8, 4) is 0 Å². The van der Waals surface area contributed by atoms with Crippen LogP contribution < -0.4 is 11.0 Å². The van der Waals surface area contributed by atoms with Crippen molar-refractivity contribution in [1.29, 1.82) is 0 Å². The van der Waals surface area contributed by atoms with Gasteiger partial charge >= 0.3 is 0 Å². The Kier molecular flexibility index (Phi) is 3.98. The largest absolute Gasteiger partial charge is 0.464 e. The van der Waals surface area contributed by atoms with Gasteiger partial charge in [-0.3, -0.25) is 14.5 Å². The molecule has 0 radical (unpaired) electrons. The Bertz CT molecular complexity index is 1200. The fourth-order valence-corrected chi connectivity index (χ4v) is 4.20. The molecular weight excluding hydrogens is 354 g/mol. The van der Waals surface area contributed by atoms with E-state index in [2.05, 4.69) is 9.88 Å². The normalized spacial score (nSPS) is 17.1. The molecule has 3 aromatic rings. The maximum Gasteiger partial charge on any atom is 0.255 e. The van der Waals surface area contributed by atoms with Crippen LogP contribution in [0, 0.1) is 13.8 Å². The molecule has 1 fully saturated rings. The van der Waals surface area contributed by atoms with E-state index in [4.69, 9.17) is 9.40 Å². The molecule has 144 valence electrons. The molecule has 0 atom stereocenters. The van der Waals surface area contributed by atoms with Crippen LogP contribution in [0.25, 0.3) is 11.0 Å². The SMILES string of the molecule is Cc1cc(C)c2c(=O)c(CN3CCc4nc(C5CC5)[nH]c(=O)c4C3)coc2c1. The minimum Gasteiger partial charge on any atom is -0.464 e. The van der Waals surface area contributed by atoms with Crippen LogP contribution in [0.1, 0.15) is 52.5 Å². The van der Waals surface area contributed by atoms with Crippen molar-refractivity contribution in [2.24, 2.45) is 0 Å². The Morgan fingerprint density at radius 2 is 2.07 bits per heavy atom. The Morgan fingerprint density at radius 1 is 1.25 bits per heavy atom. The lowest BCUT2D eigenvalue weighted by atomic mass is 10.0. The lowest BCUT2D eigenvalue weighted by molar-refractivity contribution is 0.239. The second-order valence-corrected chi connectivity index (χ2v) is 8.16. The van der Waals surface area contributed by atoms with Gasteiger partial charge in [-0.2, -0.15) is 0 Å². The minimum absolute atomic E-state index is 0.0145. The van der Waals surface area contributed by atoms with Crippen molar-refractivity contribution >= 4 is 11.0 Å². The summed E-state index contributed by atoms with van der Waals surface area (Å²) in [5.41, 5.74) is 4.89. The summed E-state index contributed by atoms with van der Waals surface area (Å²) >= 11 is 0. The molecule has 5 rings (SSSR count). The zero-order chi connectivity index (χ0) is 19.4. The number of aromatic nitrogens is 2. The maximum absolute atomic E-state index is 13.0. The van der Waals surface area contributed by atoms with Gasteiger partial charge in [-0.05, 0) is 43.9 Å². The topological polar surface area (TPSA) is 79.2 Å². The van der Waals surface area contributed by atoms with E-state index in [1.807, 2.05) is 26.0 Å². The molecule has 1 saturated carbocycles. The van der Waals surface area contributed by atoms with Gasteiger partial charge in [-0.1, -0.05) is 6.07 Å². The Hall–Kier alpha value is -2.73. The molecule has 1 aliphatic heterocycles. The number of benzene rings is 1. The van der Waals surface area contributed by atoms with Crippen LogP contribution in [0.5, 0.6) is 0 Å². The van der Waals surface area contributed by atoms with Crippen LogP contribution in [-0.2, 0) is 19.5 Å². The lowest BCUT2D eigenvalue weighted by Gasteiger charge is -2.27. The number of rotatable bonds is 3. The van der Waals surface area contributed by atoms with E-state index < -0.39 is 0 Å². The molecule has 6 nitrogen and oxygen atoms in total. The summed E-state index contributed by atoms with van der Waals surface area (Å²) < 4.78 is 5.76. The van der Waals surface area contributed by atoms with Gasteiger partial charge < -0.3 is 9.40 Å². The first kappa shape index (κ1) is 17.4. The summed E-state index contributed by atoms with van der Waals surface area (Å²) in [6, 6.07) is 3.90. The second kappa shape index (κ2) is 6.41. The highest BCUT2D eigenvalue weighted by Crippen LogP contribution is 2.37. The van der Waals surface area contributed by atoms with Crippen LogP contribution in [0.3, 0.4) is 0 Å². The molecule has 3 heterocycles. The monoisotopic (exact) mass is 377 g/mol. The second-order valence-electron chi connectivity index (χ2n) is 8.16. The zero-order valence-corrected chi connectivity index (χ0v) is 16.2. The molecule has 2 aliphatic rings. The minimum atomic E-state index is -0.0338. The van der Waals surface area contributed by atoms with Gasteiger partial charge in [0.1, 0.15) is 11.4 Å². The van der Waals surface area contributed by atoms with E-state index in [0.29, 0.717) is 35.5 Å². The molecule has 0 bridgehead atoms. The van der Waals surface area contributed by atoms with Gasteiger partial charge in [-0.25, -0.2) is 4.98 Å². The van der Waals surface area contributed by atoms with Crippen LogP contribution >= 0.6 is 0 Å². The van der Waals surface area contributed by atoms with Crippen LogP contribution in [0.2, 0.25) is 0 Å². The lowest BCUT2D eigenvalue weighted by Crippen LogP contribution is -2.36.